The highest BCUT2D eigenvalue weighted by molar-refractivity contribution is 7.89. The average molecular weight is 843 g/mol. The molecule has 0 saturated heterocycles. The van der Waals surface area contributed by atoms with E-state index in [2.05, 4.69) is 21.0 Å². The second-order valence-electron chi connectivity index (χ2n) is 12.9. The quantitative estimate of drug-likeness (QED) is 0.0690. The van der Waals surface area contributed by atoms with Crippen molar-refractivity contribution in [2.75, 3.05) is 104 Å². The number of amides is 1. The fraction of sp³-hybridized carbons (Fsp3) is 0.486. The number of nitrogens with zero attached hydrogens (tertiary/aromatic N) is 3. The first-order valence-electron chi connectivity index (χ1n) is 18.2. The molecule has 314 valence electrons. The Balaban J connectivity index is 0.00000720. The monoisotopic (exact) mass is 842 g/mol. The Hall–Kier alpha value is -4.05. The molecule has 0 bridgehead atoms. The van der Waals surface area contributed by atoms with E-state index in [1.807, 2.05) is 0 Å². The maximum atomic E-state index is 15.4. The number of fused-ring (bicyclic) bond motifs is 2. The van der Waals surface area contributed by atoms with Gasteiger partial charge >= 0.3 is 0 Å². The van der Waals surface area contributed by atoms with Crippen LogP contribution in [0.25, 0.3) is 22.0 Å². The lowest BCUT2D eigenvalue weighted by Gasteiger charge is -2.26. The summed E-state index contributed by atoms with van der Waals surface area (Å²) in [5.41, 5.74) is 5.82. The molecule has 4 aromatic rings. The van der Waals surface area contributed by atoms with Crippen molar-refractivity contribution in [1.82, 2.24) is 19.9 Å². The average Bonchev–Trinajstić information content (AvgIpc) is 3.52. The van der Waals surface area contributed by atoms with Gasteiger partial charge in [0.1, 0.15) is 11.3 Å². The number of halogens is 3. The molecule has 0 spiro atoms. The number of pyridine rings is 2. The van der Waals surface area contributed by atoms with Crippen LogP contribution in [0.4, 0.5) is 20.3 Å². The lowest BCUT2D eigenvalue weighted by molar-refractivity contribution is -0.374. The molecule has 1 aliphatic heterocycles. The van der Waals surface area contributed by atoms with Gasteiger partial charge in [0.2, 0.25) is 0 Å². The summed E-state index contributed by atoms with van der Waals surface area (Å²) in [7, 11) is -2.07. The molecule has 1 aromatic carbocycles. The number of carbonyl (C=O) groups excluding carboxylic acids is 1. The molecule has 20 heteroatoms. The number of benzene rings is 1. The van der Waals surface area contributed by atoms with Crippen molar-refractivity contribution in [3.8, 4) is 11.1 Å². The van der Waals surface area contributed by atoms with Crippen molar-refractivity contribution in [1.29, 1.82) is 0 Å². The van der Waals surface area contributed by atoms with Crippen LogP contribution in [0.15, 0.2) is 41.6 Å². The number of H-pyrrole nitrogens is 1. The lowest BCUT2D eigenvalue weighted by Crippen LogP contribution is -3.00. The van der Waals surface area contributed by atoms with Crippen LogP contribution >= 0.6 is 0 Å². The van der Waals surface area contributed by atoms with Gasteiger partial charge in [-0.15, -0.1) is 0 Å². The van der Waals surface area contributed by atoms with Crippen LogP contribution in [0.3, 0.4) is 0 Å². The normalized spacial score (nSPS) is 12.4. The van der Waals surface area contributed by atoms with Gasteiger partial charge in [0, 0.05) is 60.4 Å². The summed E-state index contributed by atoms with van der Waals surface area (Å²) in [6.45, 7) is 5.76. The van der Waals surface area contributed by atoms with Crippen molar-refractivity contribution < 1.29 is 68.6 Å². The minimum Gasteiger partial charge on any atom is -1.00 e. The summed E-state index contributed by atoms with van der Waals surface area (Å²) in [5, 5.41) is 3.33. The van der Waals surface area contributed by atoms with Gasteiger partial charge in [-0.1, -0.05) is 0 Å². The van der Waals surface area contributed by atoms with E-state index in [1.54, 1.807) is 25.5 Å². The number of nitrogens with one attached hydrogen (secondary N) is 2. The van der Waals surface area contributed by atoms with Gasteiger partial charge in [-0.05, 0) is 23.3 Å². The maximum Gasteiger partial charge on any atom is 0.274 e. The molecular formula is C37H49ClF2N6O10S. The number of quaternary nitrogens is 1. The van der Waals surface area contributed by atoms with Crippen molar-refractivity contribution in [3.63, 3.8) is 0 Å². The second kappa shape index (κ2) is 22.2. The third-order valence-corrected chi connectivity index (χ3v) is 9.44. The Bertz CT molecular complexity index is 2120. The number of hydrogen-bond acceptors (Lipinski definition) is 12. The van der Waals surface area contributed by atoms with Crippen molar-refractivity contribution in [2.24, 2.45) is 7.05 Å². The molecule has 0 unspecified atom stereocenters. The highest BCUT2D eigenvalue weighted by atomic mass is 35.5. The van der Waals surface area contributed by atoms with Crippen LogP contribution in [0.1, 0.15) is 21.5 Å². The maximum absolute atomic E-state index is 15.4. The molecule has 0 fully saturated rings. The highest BCUT2D eigenvalue weighted by Crippen LogP contribution is 2.45. The summed E-state index contributed by atoms with van der Waals surface area (Å²) in [4.78, 5) is 35.3. The first-order valence-corrected chi connectivity index (χ1v) is 20.2. The van der Waals surface area contributed by atoms with Crippen LogP contribution in [-0.4, -0.2) is 127 Å². The number of aryl methyl sites for hydroxylation is 1. The van der Waals surface area contributed by atoms with E-state index in [4.69, 9.17) is 28.4 Å². The fourth-order valence-corrected chi connectivity index (χ4v) is 6.94. The largest absolute Gasteiger partial charge is 1.00 e. The van der Waals surface area contributed by atoms with E-state index in [0.29, 0.717) is 105 Å². The van der Waals surface area contributed by atoms with Gasteiger partial charge in [0.05, 0.1) is 110 Å². The summed E-state index contributed by atoms with van der Waals surface area (Å²) in [6.07, 6.45) is 5.17. The zero-order valence-corrected chi connectivity index (χ0v) is 33.5. The number of hydrogen-bond donors (Lipinski definition) is 3. The molecule has 16 nitrogen and oxygen atoms in total. The molecule has 0 aliphatic carbocycles. The van der Waals surface area contributed by atoms with Gasteiger partial charge in [-0.3, -0.25) is 9.59 Å². The highest BCUT2D eigenvalue weighted by Gasteiger charge is 2.30. The van der Waals surface area contributed by atoms with Gasteiger partial charge in [0.25, 0.3) is 11.5 Å². The van der Waals surface area contributed by atoms with E-state index < -0.39 is 33.1 Å². The summed E-state index contributed by atoms with van der Waals surface area (Å²) in [6, 6.07) is 3.74. The van der Waals surface area contributed by atoms with Crippen LogP contribution in [-0.2, 0) is 57.6 Å². The van der Waals surface area contributed by atoms with E-state index in [-0.39, 0.29) is 61.2 Å². The first kappa shape index (κ1) is 45.6. The molecule has 0 radical (unpaired) electrons. The SMILES string of the molecule is Cn1cc2c3c(c[nH]c3c1=O)CN(c1ncc(F)cc1F)c1cc(C(=O)NCCOCCOCCOCCOCCOCCOCC[NH3+])c(CS(C)(=O)=O)cc1-2.[Cl-]. The predicted octanol–water partition coefficient (Wildman–Crippen LogP) is -1.52. The Morgan fingerprint density at radius 2 is 1.47 bits per heavy atom. The Morgan fingerprint density at radius 3 is 2.04 bits per heavy atom. The molecule has 1 amide bonds. The van der Waals surface area contributed by atoms with E-state index >= 15 is 4.39 Å². The van der Waals surface area contributed by atoms with E-state index in [0.717, 1.165) is 19.0 Å². The van der Waals surface area contributed by atoms with Crippen molar-refractivity contribution in [2.45, 2.75) is 12.3 Å². The number of rotatable bonds is 24. The summed E-state index contributed by atoms with van der Waals surface area (Å²) >= 11 is 0. The van der Waals surface area contributed by atoms with E-state index in [9.17, 15) is 22.4 Å². The third kappa shape index (κ3) is 12.7. The molecule has 3 aromatic heterocycles. The van der Waals surface area contributed by atoms with Gasteiger partial charge in [-0.2, -0.15) is 0 Å². The van der Waals surface area contributed by atoms with Crippen molar-refractivity contribution >= 4 is 38.2 Å². The second-order valence-corrected chi connectivity index (χ2v) is 15.1. The summed E-state index contributed by atoms with van der Waals surface area (Å²) < 4.78 is 88.7. The Morgan fingerprint density at radius 1 is 0.895 bits per heavy atom. The van der Waals surface area contributed by atoms with Crippen LogP contribution in [0, 0.1) is 11.6 Å². The topological polar surface area (TPSA) is 200 Å². The van der Waals surface area contributed by atoms with Gasteiger partial charge in [0.15, 0.2) is 21.5 Å². The molecular weight excluding hydrogens is 794 g/mol. The molecule has 0 atom stereocenters. The van der Waals surface area contributed by atoms with Crippen LogP contribution in [0.2, 0.25) is 0 Å². The predicted molar refractivity (Wildman–Crippen MR) is 203 cm³/mol. The Labute approximate surface area is 335 Å². The molecule has 1 aliphatic rings. The van der Waals surface area contributed by atoms with Gasteiger partial charge in [-0.25, -0.2) is 22.2 Å². The minimum absolute atomic E-state index is 0. The molecule has 0 saturated carbocycles. The summed E-state index contributed by atoms with van der Waals surface area (Å²) in [5.74, 6) is -3.11. The van der Waals surface area contributed by atoms with Crippen LogP contribution < -0.4 is 33.9 Å². The first-order chi connectivity index (χ1) is 27.0. The molecule has 5 N–H and O–H groups in total. The van der Waals surface area contributed by atoms with Gasteiger partial charge < -0.3 is 66.3 Å². The number of aromatic nitrogens is 3. The molecule has 5 rings (SSSR count). The fourth-order valence-electron chi connectivity index (χ4n) is 6.13. The van der Waals surface area contributed by atoms with E-state index in [1.165, 1.54) is 15.5 Å². The number of carbonyl (C=O) groups is 1. The zero-order chi connectivity index (χ0) is 40.1. The molecule has 4 heterocycles. The zero-order valence-electron chi connectivity index (χ0n) is 32.0. The van der Waals surface area contributed by atoms with Crippen LogP contribution in [0.5, 0.6) is 0 Å². The number of anilines is 2. The third-order valence-electron chi connectivity index (χ3n) is 8.61. The van der Waals surface area contributed by atoms with Crippen molar-refractivity contribution in [3.05, 3.63) is 75.5 Å². The Kier molecular flexibility index (Phi) is 17.8. The standard InChI is InChI=1S/C37H48F2N6O10S.ClH/c1-44-23-30-29-17-25(24-56(2,48)49)28(19-32(29)45(35-31(39)18-27(38)21-43-35)22-26-20-42-34(33(26)30)37(44)47)36(46)41-4-6-51-8-10-53-12-14-55-16-15-54-13-11-52-9-7-50-5-3-40;/h17-21,23,42H,3-16,22,24,40H2,1-2H3,(H,41,46);1H. The number of ether oxygens (including phenoxy) is 6. The lowest BCUT2D eigenvalue weighted by atomic mass is 9.96. The molecule has 57 heavy (non-hydrogen) atoms. The number of sulfone groups is 1. The smallest absolute Gasteiger partial charge is 0.274 e. The number of aromatic amines is 1. The minimum atomic E-state index is -3.65.